The zero-order valence-electron chi connectivity index (χ0n) is 17.3. The van der Waals surface area contributed by atoms with Gasteiger partial charge in [-0.05, 0) is 46.7 Å². The van der Waals surface area contributed by atoms with Gasteiger partial charge in [-0.3, -0.25) is 9.36 Å². The smallest absolute Gasteiger partial charge is 0.221 e. The first-order chi connectivity index (χ1) is 16.0. The van der Waals surface area contributed by atoms with Gasteiger partial charge in [-0.15, -0.1) is 0 Å². The molecule has 0 aliphatic rings. The molecule has 0 saturated carbocycles. The molecule has 0 radical (unpaired) electrons. The molecule has 0 saturated heterocycles. The molecule has 3 heterocycles. The molecule has 2 aromatic carbocycles. The standard InChI is InChI=1S/C22H17N7O4/c1-12(30)25-13-3-2-4-16(9-13)32-19-10-18-17(11-24-19)26-22(20-21(23)28-33-27-20)29(18)14-5-7-15(31)8-6-14/h2-11,31H,1H3,(H2,23,28)(H,25,30). The van der Waals surface area contributed by atoms with E-state index in [1.807, 2.05) is 0 Å². The highest BCUT2D eigenvalue weighted by molar-refractivity contribution is 5.89. The van der Waals surface area contributed by atoms with Crippen molar-refractivity contribution < 1.29 is 19.3 Å². The summed E-state index contributed by atoms with van der Waals surface area (Å²) in [6.07, 6.45) is 1.56. The van der Waals surface area contributed by atoms with Crippen LogP contribution in [-0.2, 0) is 4.79 Å². The largest absolute Gasteiger partial charge is 0.508 e. The van der Waals surface area contributed by atoms with E-state index in [2.05, 4.69) is 25.6 Å². The normalized spacial score (nSPS) is 10.9. The summed E-state index contributed by atoms with van der Waals surface area (Å²) in [5.41, 5.74) is 8.69. The second-order valence-corrected chi connectivity index (χ2v) is 7.11. The van der Waals surface area contributed by atoms with Gasteiger partial charge in [0, 0.05) is 30.4 Å². The Bertz CT molecular complexity index is 1470. The molecule has 4 N–H and O–H groups in total. The number of rotatable bonds is 5. The van der Waals surface area contributed by atoms with E-state index in [0.29, 0.717) is 39.9 Å². The van der Waals surface area contributed by atoms with Crippen molar-refractivity contribution in [2.75, 3.05) is 11.1 Å². The number of nitrogens with zero attached hydrogens (tertiary/aromatic N) is 5. The van der Waals surface area contributed by atoms with Crippen LogP contribution in [0.5, 0.6) is 17.4 Å². The molecular weight excluding hydrogens is 426 g/mol. The number of fused-ring (bicyclic) bond motifs is 1. The maximum absolute atomic E-state index is 11.3. The van der Waals surface area contributed by atoms with Gasteiger partial charge in [0.2, 0.25) is 11.8 Å². The molecule has 0 bridgehead atoms. The van der Waals surface area contributed by atoms with Gasteiger partial charge in [0.1, 0.15) is 17.0 Å². The SMILES string of the molecule is CC(=O)Nc1cccc(Oc2cc3c(cn2)nc(-c2nonc2N)n3-c2ccc(O)cc2)c1. The van der Waals surface area contributed by atoms with Gasteiger partial charge in [-0.2, -0.15) is 0 Å². The van der Waals surface area contributed by atoms with E-state index in [-0.39, 0.29) is 23.2 Å². The number of aromatic hydroxyl groups is 1. The average Bonchev–Trinajstić information content (AvgIpc) is 3.37. The van der Waals surface area contributed by atoms with Crippen LogP contribution in [0.1, 0.15) is 6.92 Å². The Hall–Kier alpha value is -4.93. The number of pyridine rings is 1. The number of hydrogen-bond donors (Lipinski definition) is 3. The number of phenolic OH excluding ortho intramolecular Hbond substituents is 1. The molecule has 0 unspecified atom stereocenters. The minimum absolute atomic E-state index is 0.0875. The fourth-order valence-corrected chi connectivity index (χ4v) is 3.35. The fourth-order valence-electron chi connectivity index (χ4n) is 3.35. The first-order valence-corrected chi connectivity index (χ1v) is 9.80. The molecule has 0 atom stereocenters. The number of amides is 1. The van der Waals surface area contributed by atoms with Crippen LogP contribution in [0.3, 0.4) is 0 Å². The van der Waals surface area contributed by atoms with E-state index in [9.17, 15) is 9.90 Å². The number of aromatic nitrogens is 5. The lowest BCUT2D eigenvalue weighted by molar-refractivity contribution is -0.114. The number of carbonyl (C=O) groups is 1. The van der Waals surface area contributed by atoms with Gasteiger partial charge >= 0.3 is 0 Å². The summed E-state index contributed by atoms with van der Waals surface area (Å²) in [5.74, 6) is 1.22. The Morgan fingerprint density at radius 1 is 1.15 bits per heavy atom. The molecule has 11 heteroatoms. The molecule has 164 valence electrons. The summed E-state index contributed by atoms with van der Waals surface area (Å²) >= 11 is 0. The van der Waals surface area contributed by atoms with Gasteiger partial charge in [-0.25, -0.2) is 14.6 Å². The predicted octanol–water partition coefficient (Wildman–Crippen LogP) is 3.51. The van der Waals surface area contributed by atoms with E-state index < -0.39 is 0 Å². The number of phenols is 1. The molecule has 33 heavy (non-hydrogen) atoms. The lowest BCUT2D eigenvalue weighted by Crippen LogP contribution is -2.05. The Balaban J connectivity index is 1.61. The summed E-state index contributed by atoms with van der Waals surface area (Å²) in [7, 11) is 0. The number of nitrogen functional groups attached to an aromatic ring is 1. The topological polar surface area (TPSA) is 154 Å². The van der Waals surface area contributed by atoms with Crippen LogP contribution in [0.4, 0.5) is 11.5 Å². The van der Waals surface area contributed by atoms with E-state index in [0.717, 1.165) is 0 Å². The molecule has 0 spiro atoms. The number of nitrogens with two attached hydrogens (primary N) is 1. The third-order valence-corrected chi connectivity index (χ3v) is 4.73. The van der Waals surface area contributed by atoms with Gasteiger partial charge in [0.15, 0.2) is 17.3 Å². The number of anilines is 2. The third-order valence-electron chi connectivity index (χ3n) is 4.73. The Morgan fingerprint density at radius 3 is 2.70 bits per heavy atom. The Labute approximate surface area is 186 Å². The molecule has 1 amide bonds. The molecule has 5 rings (SSSR count). The lowest BCUT2D eigenvalue weighted by atomic mass is 10.2. The molecule has 0 fully saturated rings. The van der Waals surface area contributed by atoms with E-state index in [1.165, 1.54) is 6.92 Å². The number of ether oxygens (including phenoxy) is 1. The monoisotopic (exact) mass is 443 g/mol. The van der Waals surface area contributed by atoms with Crippen LogP contribution in [0.25, 0.3) is 28.2 Å². The molecule has 0 aliphatic heterocycles. The molecule has 11 nitrogen and oxygen atoms in total. The van der Waals surface area contributed by atoms with E-state index >= 15 is 0 Å². The zero-order chi connectivity index (χ0) is 22.9. The average molecular weight is 443 g/mol. The second kappa shape index (κ2) is 7.96. The van der Waals surface area contributed by atoms with E-state index in [4.69, 9.17) is 15.1 Å². The summed E-state index contributed by atoms with van der Waals surface area (Å²) in [4.78, 5) is 20.3. The number of nitrogens with one attached hydrogen (secondary N) is 1. The summed E-state index contributed by atoms with van der Waals surface area (Å²) in [5, 5.41) is 19.9. The highest BCUT2D eigenvalue weighted by atomic mass is 16.6. The van der Waals surface area contributed by atoms with E-state index in [1.54, 1.807) is 65.4 Å². The summed E-state index contributed by atoms with van der Waals surface area (Å²) in [6.45, 7) is 1.43. The van der Waals surface area contributed by atoms with Gasteiger partial charge < -0.3 is 20.9 Å². The molecular formula is C22H17N7O4. The van der Waals surface area contributed by atoms with Crippen molar-refractivity contribution in [2.24, 2.45) is 0 Å². The van der Waals surface area contributed by atoms with Crippen molar-refractivity contribution in [3.8, 4) is 34.6 Å². The first-order valence-electron chi connectivity index (χ1n) is 9.80. The van der Waals surface area contributed by atoms with Crippen LogP contribution < -0.4 is 15.8 Å². The van der Waals surface area contributed by atoms with Gasteiger partial charge in [0.05, 0.1) is 11.7 Å². The summed E-state index contributed by atoms with van der Waals surface area (Å²) < 4.78 is 12.5. The first kappa shape index (κ1) is 20.0. The van der Waals surface area contributed by atoms with Crippen molar-refractivity contribution in [3.63, 3.8) is 0 Å². The summed E-state index contributed by atoms with van der Waals surface area (Å²) in [6, 6.07) is 15.2. The van der Waals surface area contributed by atoms with Crippen molar-refractivity contribution >= 4 is 28.4 Å². The zero-order valence-corrected chi connectivity index (χ0v) is 17.3. The lowest BCUT2D eigenvalue weighted by Gasteiger charge is -2.10. The van der Waals surface area contributed by atoms with Crippen LogP contribution >= 0.6 is 0 Å². The Kier molecular flexibility index (Phi) is 4.83. The van der Waals surface area contributed by atoms with Gasteiger partial charge in [-0.1, -0.05) is 6.07 Å². The maximum Gasteiger partial charge on any atom is 0.221 e. The fraction of sp³-hybridized carbons (Fsp3) is 0.0455. The number of benzene rings is 2. The molecule has 0 aliphatic carbocycles. The maximum atomic E-state index is 11.3. The highest BCUT2D eigenvalue weighted by Crippen LogP contribution is 2.32. The molecule has 3 aromatic heterocycles. The second-order valence-electron chi connectivity index (χ2n) is 7.11. The minimum atomic E-state index is -0.182. The van der Waals surface area contributed by atoms with Crippen LogP contribution in [0.15, 0.2) is 65.4 Å². The quantitative estimate of drug-likeness (QED) is 0.370. The third kappa shape index (κ3) is 3.90. The Morgan fingerprint density at radius 2 is 1.97 bits per heavy atom. The van der Waals surface area contributed by atoms with Gasteiger partial charge in [0.25, 0.3) is 0 Å². The van der Waals surface area contributed by atoms with Crippen molar-refractivity contribution in [2.45, 2.75) is 6.92 Å². The van der Waals surface area contributed by atoms with Crippen molar-refractivity contribution in [3.05, 3.63) is 60.8 Å². The highest BCUT2D eigenvalue weighted by Gasteiger charge is 2.21. The van der Waals surface area contributed by atoms with Crippen molar-refractivity contribution in [1.82, 2.24) is 24.8 Å². The number of imidazole rings is 1. The predicted molar refractivity (Wildman–Crippen MR) is 119 cm³/mol. The van der Waals surface area contributed by atoms with Crippen LogP contribution in [0, 0.1) is 0 Å². The number of hydrogen-bond acceptors (Lipinski definition) is 9. The van der Waals surface area contributed by atoms with Crippen LogP contribution in [0.2, 0.25) is 0 Å². The minimum Gasteiger partial charge on any atom is -0.508 e. The number of carbonyl (C=O) groups excluding carboxylic acids is 1. The molecule has 5 aromatic rings. The van der Waals surface area contributed by atoms with Crippen LogP contribution in [-0.4, -0.2) is 35.9 Å². The van der Waals surface area contributed by atoms with Crippen molar-refractivity contribution in [1.29, 1.82) is 0 Å².